The lowest BCUT2D eigenvalue weighted by Crippen LogP contribution is -2.20. The van der Waals surface area contributed by atoms with Crippen molar-refractivity contribution in [2.45, 2.75) is 26.4 Å². The third-order valence-electron chi connectivity index (χ3n) is 5.69. The van der Waals surface area contributed by atoms with Crippen molar-refractivity contribution in [2.75, 3.05) is 12.4 Å². The number of ether oxygens (including phenoxy) is 1. The molecule has 5 aromatic rings. The molecule has 0 saturated heterocycles. The molecule has 0 radical (unpaired) electrons. The third-order valence-corrected chi connectivity index (χ3v) is 5.69. The topological polar surface area (TPSA) is 89.5 Å². The summed E-state index contributed by atoms with van der Waals surface area (Å²) in [5, 5.41) is 18.6. The molecular formula is C26H25FN6O2. The van der Waals surface area contributed by atoms with Crippen LogP contribution in [0.5, 0.6) is 5.75 Å². The van der Waals surface area contributed by atoms with Crippen molar-refractivity contribution in [3.63, 3.8) is 0 Å². The number of benzene rings is 2. The predicted molar refractivity (Wildman–Crippen MR) is 132 cm³/mol. The quantitative estimate of drug-likeness (QED) is 0.361. The van der Waals surface area contributed by atoms with Crippen LogP contribution in [-0.4, -0.2) is 36.4 Å². The average Bonchev–Trinajstić information content (AvgIpc) is 3.44. The first-order valence-electron chi connectivity index (χ1n) is 11.1. The molecule has 9 heteroatoms. The van der Waals surface area contributed by atoms with Crippen LogP contribution in [0.25, 0.3) is 22.5 Å². The van der Waals surface area contributed by atoms with Gasteiger partial charge in [0.2, 0.25) is 5.95 Å². The lowest BCUT2D eigenvalue weighted by atomic mass is 10.0. The Labute approximate surface area is 201 Å². The lowest BCUT2D eigenvalue weighted by Gasteiger charge is -2.19. The molecule has 3 aromatic heterocycles. The second kappa shape index (κ2) is 8.52. The zero-order valence-corrected chi connectivity index (χ0v) is 19.8. The fourth-order valence-electron chi connectivity index (χ4n) is 3.98. The summed E-state index contributed by atoms with van der Waals surface area (Å²) in [5.41, 5.74) is 4.00. The Hall–Kier alpha value is -4.24. The highest BCUT2D eigenvalue weighted by Crippen LogP contribution is 2.31. The zero-order chi connectivity index (χ0) is 24.7. The molecule has 0 unspecified atom stereocenters. The monoisotopic (exact) mass is 472 g/mol. The normalized spacial score (nSPS) is 11.7. The molecule has 0 aliphatic heterocycles. The Balaban J connectivity index is 1.57. The number of rotatable bonds is 6. The number of anilines is 2. The first-order chi connectivity index (χ1) is 16.7. The van der Waals surface area contributed by atoms with Crippen molar-refractivity contribution < 1.29 is 14.2 Å². The van der Waals surface area contributed by atoms with E-state index < -0.39 is 5.60 Å². The number of aromatic nitrogens is 5. The lowest BCUT2D eigenvalue weighted by molar-refractivity contribution is 0.0715. The van der Waals surface area contributed by atoms with Crippen molar-refractivity contribution >= 4 is 17.3 Å². The maximum atomic E-state index is 13.5. The number of aryl methyl sites for hydroxylation is 1. The van der Waals surface area contributed by atoms with E-state index in [-0.39, 0.29) is 5.82 Å². The van der Waals surface area contributed by atoms with Gasteiger partial charge in [-0.3, -0.25) is 0 Å². The van der Waals surface area contributed by atoms with E-state index in [9.17, 15) is 9.50 Å². The molecule has 8 nitrogen and oxygen atoms in total. The number of hydrogen-bond acceptors (Lipinski definition) is 6. The minimum Gasteiger partial charge on any atom is -0.494 e. The number of halogens is 1. The van der Waals surface area contributed by atoms with Gasteiger partial charge in [-0.1, -0.05) is 12.1 Å². The molecule has 0 aliphatic rings. The van der Waals surface area contributed by atoms with Gasteiger partial charge in [0.15, 0.2) is 5.65 Å². The molecule has 178 valence electrons. The molecule has 5 rings (SSSR count). The Kier molecular flexibility index (Phi) is 5.49. The van der Waals surface area contributed by atoms with Crippen LogP contribution >= 0.6 is 0 Å². The Bertz CT molecular complexity index is 1520. The standard InChI is InChI=1S/C26H25FN6O2/c1-16-14-32(15-28-16)21-11-9-19(13-22(21)35-4)29-25-30-24-20(17-5-7-18(27)8-6-17)10-12-23(26(2,3)34)33(24)31-25/h5-15,34H,1-4H3,(H,29,31). The summed E-state index contributed by atoms with van der Waals surface area (Å²) in [5.74, 6) is 0.684. The molecule has 0 amide bonds. The van der Waals surface area contributed by atoms with E-state index in [1.54, 1.807) is 50.0 Å². The molecular weight excluding hydrogens is 447 g/mol. The molecule has 2 N–H and O–H groups in total. The van der Waals surface area contributed by atoms with E-state index in [0.717, 1.165) is 28.2 Å². The van der Waals surface area contributed by atoms with E-state index >= 15 is 0 Å². The van der Waals surface area contributed by atoms with Gasteiger partial charge in [0, 0.05) is 23.5 Å². The van der Waals surface area contributed by atoms with E-state index in [2.05, 4.69) is 15.4 Å². The highest BCUT2D eigenvalue weighted by molar-refractivity contribution is 5.79. The van der Waals surface area contributed by atoms with Crippen molar-refractivity contribution in [3.8, 4) is 22.6 Å². The van der Waals surface area contributed by atoms with Crippen LogP contribution in [0.2, 0.25) is 0 Å². The fourth-order valence-corrected chi connectivity index (χ4v) is 3.98. The van der Waals surface area contributed by atoms with Crippen molar-refractivity contribution in [2.24, 2.45) is 0 Å². The van der Waals surface area contributed by atoms with Crippen LogP contribution in [0.3, 0.4) is 0 Å². The summed E-state index contributed by atoms with van der Waals surface area (Å²) < 4.78 is 22.6. The van der Waals surface area contributed by atoms with Crippen LogP contribution in [0.15, 0.2) is 67.1 Å². The number of methoxy groups -OCH3 is 1. The number of imidazole rings is 1. The Morgan fingerprint density at radius 2 is 1.83 bits per heavy atom. The van der Waals surface area contributed by atoms with E-state index in [4.69, 9.17) is 9.72 Å². The minimum absolute atomic E-state index is 0.315. The molecule has 0 bridgehead atoms. The number of nitrogens with one attached hydrogen (secondary N) is 1. The molecule has 0 saturated carbocycles. The van der Waals surface area contributed by atoms with Gasteiger partial charge in [-0.15, -0.1) is 5.10 Å². The summed E-state index contributed by atoms with van der Waals surface area (Å²) in [6.07, 6.45) is 3.66. The second-order valence-electron chi connectivity index (χ2n) is 8.80. The number of hydrogen-bond donors (Lipinski definition) is 2. The molecule has 0 fully saturated rings. The minimum atomic E-state index is -1.15. The first-order valence-corrected chi connectivity index (χ1v) is 11.1. The molecule has 0 spiro atoms. The summed E-state index contributed by atoms with van der Waals surface area (Å²) >= 11 is 0. The van der Waals surface area contributed by atoms with Crippen LogP contribution in [0.1, 0.15) is 25.2 Å². The van der Waals surface area contributed by atoms with Crippen molar-refractivity contribution in [1.82, 2.24) is 24.1 Å². The smallest absolute Gasteiger partial charge is 0.247 e. The van der Waals surface area contributed by atoms with Gasteiger partial charge in [-0.2, -0.15) is 4.98 Å². The number of pyridine rings is 1. The van der Waals surface area contributed by atoms with E-state index in [1.165, 1.54) is 12.1 Å². The SMILES string of the molecule is COc1cc(Nc2nc3c(-c4ccc(F)cc4)ccc(C(C)(C)O)n3n2)ccc1-n1cnc(C)c1. The van der Waals surface area contributed by atoms with Gasteiger partial charge < -0.3 is 19.7 Å². The second-order valence-corrected chi connectivity index (χ2v) is 8.80. The largest absolute Gasteiger partial charge is 0.494 e. The molecule has 0 atom stereocenters. The summed E-state index contributed by atoms with van der Waals surface area (Å²) in [6, 6.07) is 15.5. The molecule has 35 heavy (non-hydrogen) atoms. The zero-order valence-electron chi connectivity index (χ0n) is 19.8. The van der Waals surface area contributed by atoms with E-state index in [0.29, 0.717) is 23.0 Å². The van der Waals surface area contributed by atoms with Crippen molar-refractivity contribution in [3.05, 3.63) is 84.3 Å². The predicted octanol–water partition coefficient (Wildman–Crippen LogP) is 5.01. The molecule has 2 aromatic carbocycles. The number of fused-ring (bicyclic) bond motifs is 1. The summed E-state index contributed by atoms with van der Waals surface area (Å²) in [6.45, 7) is 5.31. The van der Waals surface area contributed by atoms with Gasteiger partial charge in [0.05, 0.1) is 30.5 Å². The van der Waals surface area contributed by atoms with Crippen LogP contribution in [0.4, 0.5) is 16.0 Å². The Morgan fingerprint density at radius 1 is 1.06 bits per heavy atom. The fraction of sp³-hybridized carbons (Fsp3) is 0.192. The van der Waals surface area contributed by atoms with Gasteiger partial charge in [0.1, 0.15) is 17.2 Å². The highest BCUT2D eigenvalue weighted by Gasteiger charge is 2.23. The van der Waals surface area contributed by atoms with Crippen LogP contribution in [0, 0.1) is 12.7 Å². The summed E-state index contributed by atoms with van der Waals surface area (Å²) in [4.78, 5) is 8.98. The Morgan fingerprint density at radius 3 is 2.49 bits per heavy atom. The third kappa shape index (κ3) is 4.33. The van der Waals surface area contributed by atoms with Crippen LogP contribution in [-0.2, 0) is 5.60 Å². The first kappa shape index (κ1) is 22.5. The maximum Gasteiger partial charge on any atom is 0.247 e. The van der Waals surface area contributed by atoms with Crippen molar-refractivity contribution in [1.29, 1.82) is 0 Å². The molecule has 0 aliphatic carbocycles. The van der Waals surface area contributed by atoms with Gasteiger partial charge in [-0.05, 0) is 62.7 Å². The number of nitrogens with zero attached hydrogens (tertiary/aromatic N) is 5. The van der Waals surface area contributed by atoms with Gasteiger partial charge in [0.25, 0.3) is 0 Å². The average molecular weight is 473 g/mol. The van der Waals surface area contributed by atoms with E-state index in [1.807, 2.05) is 42.0 Å². The van der Waals surface area contributed by atoms with Gasteiger partial charge >= 0.3 is 0 Å². The number of aliphatic hydroxyl groups is 1. The van der Waals surface area contributed by atoms with Crippen LogP contribution < -0.4 is 10.1 Å². The maximum absolute atomic E-state index is 13.5. The highest BCUT2D eigenvalue weighted by atomic mass is 19.1. The van der Waals surface area contributed by atoms with Gasteiger partial charge in [-0.25, -0.2) is 13.9 Å². The summed E-state index contributed by atoms with van der Waals surface area (Å²) in [7, 11) is 1.61. The molecule has 3 heterocycles.